The lowest BCUT2D eigenvalue weighted by molar-refractivity contribution is -0.119. The maximum Gasteiger partial charge on any atom is 0.219 e. The van der Waals surface area contributed by atoms with E-state index in [2.05, 4.69) is 21.2 Å². The van der Waals surface area contributed by atoms with Gasteiger partial charge in [-0.1, -0.05) is 34.1 Å². The van der Waals surface area contributed by atoms with Crippen LogP contribution in [0.25, 0.3) is 0 Å². The van der Waals surface area contributed by atoms with Crippen molar-refractivity contribution in [2.75, 3.05) is 0 Å². The third-order valence-electron chi connectivity index (χ3n) is 2.33. The minimum absolute atomic E-state index is 0.277. The molecule has 0 aliphatic heterocycles. The summed E-state index contributed by atoms with van der Waals surface area (Å²) in [6.07, 6.45) is 0.331. The first kappa shape index (κ1) is 13.2. The van der Waals surface area contributed by atoms with E-state index in [-0.39, 0.29) is 11.4 Å². The average molecular weight is 285 g/mol. The highest BCUT2D eigenvalue weighted by molar-refractivity contribution is 9.10. The Balaban J connectivity index is 2.57. The van der Waals surface area contributed by atoms with Gasteiger partial charge < -0.3 is 11.1 Å². The van der Waals surface area contributed by atoms with E-state index in [1.54, 1.807) is 0 Å². The first-order chi connectivity index (χ1) is 7.41. The van der Waals surface area contributed by atoms with Gasteiger partial charge in [-0.3, -0.25) is 4.79 Å². The molecule has 16 heavy (non-hydrogen) atoms. The number of hydrogen-bond acceptors (Lipinski definition) is 2. The van der Waals surface area contributed by atoms with Crippen molar-refractivity contribution in [2.24, 2.45) is 5.73 Å². The van der Waals surface area contributed by atoms with Crippen LogP contribution in [-0.2, 0) is 11.3 Å². The van der Waals surface area contributed by atoms with Crippen molar-refractivity contribution in [1.29, 1.82) is 0 Å². The number of carbonyl (C=O) groups is 1. The Labute approximate surface area is 105 Å². The van der Waals surface area contributed by atoms with E-state index < -0.39 is 0 Å². The van der Waals surface area contributed by atoms with Crippen molar-refractivity contribution in [2.45, 2.75) is 32.4 Å². The number of carbonyl (C=O) groups excluding carboxylic acids is 1. The number of nitrogens with two attached hydrogens (primary N) is 1. The fourth-order valence-electron chi connectivity index (χ4n) is 1.47. The van der Waals surface area contributed by atoms with Gasteiger partial charge in [0.2, 0.25) is 5.91 Å². The van der Waals surface area contributed by atoms with Crippen molar-refractivity contribution in [1.82, 2.24) is 5.32 Å². The largest absolute Gasteiger partial charge is 0.370 e. The van der Waals surface area contributed by atoms with Crippen LogP contribution in [0.3, 0.4) is 0 Å². The van der Waals surface area contributed by atoms with Crippen molar-refractivity contribution in [3.8, 4) is 0 Å². The lowest BCUT2D eigenvalue weighted by Crippen LogP contribution is -2.42. The van der Waals surface area contributed by atoms with Crippen molar-refractivity contribution in [3.63, 3.8) is 0 Å². The molecule has 1 amide bonds. The summed E-state index contributed by atoms with van der Waals surface area (Å²) >= 11 is 3.48. The van der Waals surface area contributed by atoms with Gasteiger partial charge in [0.15, 0.2) is 0 Å². The number of halogens is 1. The molecule has 88 valence electrons. The first-order valence-corrected chi connectivity index (χ1v) is 5.97. The number of rotatable bonds is 5. The highest BCUT2D eigenvalue weighted by atomic mass is 79.9. The zero-order valence-corrected chi connectivity index (χ0v) is 11.2. The van der Waals surface area contributed by atoms with Gasteiger partial charge in [0.25, 0.3) is 0 Å². The van der Waals surface area contributed by atoms with Gasteiger partial charge in [0.1, 0.15) is 0 Å². The maximum absolute atomic E-state index is 10.9. The van der Waals surface area contributed by atoms with Crippen LogP contribution in [0, 0.1) is 0 Å². The minimum atomic E-state index is -0.287. The lowest BCUT2D eigenvalue weighted by Gasteiger charge is -2.25. The number of primary amides is 1. The summed E-state index contributed by atoms with van der Waals surface area (Å²) in [5, 5.41) is 3.32. The van der Waals surface area contributed by atoms with Crippen LogP contribution >= 0.6 is 15.9 Å². The molecule has 0 unspecified atom stereocenters. The summed E-state index contributed by atoms with van der Waals surface area (Å²) < 4.78 is 1.07. The fraction of sp³-hybridized carbons (Fsp3) is 0.417. The molecule has 1 aromatic rings. The number of nitrogens with one attached hydrogen (secondary N) is 1. The molecule has 0 aliphatic rings. The molecule has 0 radical (unpaired) electrons. The number of amides is 1. The normalized spacial score (nSPS) is 11.4. The van der Waals surface area contributed by atoms with E-state index in [1.165, 1.54) is 5.56 Å². The highest BCUT2D eigenvalue weighted by Crippen LogP contribution is 2.17. The smallest absolute Gasteiger partial charge is 0.219 e. The zero-order chi connectivity index (χ0) is 12.2. The Kier molecular flexibility index (Phi) is 4.50. The van der Waals surface area contributed by atoms with E-state index in [0.29, 0.717) is 13.0 Å². The molecular weight excluding hydrogens is 268 g/mol. The van der Waals surface area contributed by atoms with Gasteiger partial charge >= 0.3 is 0 Å². The van der Waals surface area contributed by atoms with Crippen LogP contribution in [0.5, 0.6) is 0 Å². The lowest BCUT2D eigenvalue weighted by atomic mass is 10.00. The Morgan fingerprint density at radius 2 is 2.06 bits per heavy atom. The molecule has 0 bridgehead atoms. The molecule has 0 heterocycles. The Hall–Kier alpha value is -0.870. The van der Waals surface area contributed by atoms with Gasteiger partial charge in [-0.2, -0.15) is 0 Å². The number of hydrogen-bond donors (Lipinski definition) is 2. The van der Waals surface area contributed by atoms with Crippen molar-refractivity contribution in [3.05, 3.63) is 34.3 Å². The first-order valence-electron chi connectivity index (χ1n) is 5.17. The standard InChI is InChI=1S/C12H17BrN2O/c1-12(2,7-11(14)16)15-8-9-5-3-4-6-10(9)13/h3-6,15H,7-8H2,1-2H3,(H2,14,16). The topological polar surface area (TPSA) is 55.1 Å². The zero-order valence-electron chi connectivity index (χ0n) is 9.59. The molecule has 0 spiro atoms. The van der Waals surface area contributed by atoms with Gasteiger partial charge in [-0.25, -0.2) is 0 Å². The van der Waals surface area contributed by atoms with E-state index >= 15 is 0 Å². The molecular formula is C12H17BrN2O. The monoisotopic (exact) mass is 284 g/mol. The van der Waals surface area contributed by atoms with Crippen LogP contribution in [0.2, 0.25) is 0 Å². The van der Waals surface area contributed by atoms with E-state index in [1.807, 2.05) is 38.1 Å². The molecule has 0 aromatic heterocycles. The van der Waals surface area contributed by atoms with E-state index in [9.17, 15) is 4.79 Å². The molecule has 1 aromatic carbocycles. The summed E-state index contributed by atoms with van der Waals surface area (Å²) in [5.41, 5.74) is 6.08. The quantitative estimate of drug-likeness (QED) is 0.871. The Bertz CT molecular complexity index is 377. The van der Waals surface area contributed by atoms with Gasteiger partial charge in [-0.05, 0) is 25.5 Å². The fourth-order valence-corrected chi connectivity index (χ4v) is 1.90. The third-order valence-corrected chi connectivity index (χ3v) is 3.11. The van der Waals surface area contributed by atoms with Gasteiger partial charge in [-0.15, -0.1) is 0 Å². The second-order valence-corrected chi connectivity index (χ2v) is 5.33. The molecule has 0 fully saturated rings. The molecule has 0 aliphatic carbocycles. The molecule has 3 N–H and O–H groups in total. The predicted molar refractivity (Wildman–Crippen MR) is 68.9 cm³/mol. The summed E-state index contributed by atoms with van der Waals surface area (Å²) in [6, 6.07) is 8.00. The summed E-state index contributed by atoms with van der Waals surface area (Å²) in [5.74, 6) is -0.287. The molecule has 3 nitrogen and oxygen atoms in total. The maximum atomic E-state index is 10.9. The molecule has 0 atom stereocenters. The third kappa shape index (κ3) is 4.33. The highest BCUT2D eigenvalue weighted by Gasteiger charge is 2.19. The molecule has 0 saturated carbocycles. The van der Waals surface area contributed by atoms with Crippen molar-refractivity contribution < 1.29 is 4.79 Å². The van der Waals surface area contributed by atoms with Crippen LogP contribution in [-0.4, -0.2) is 11.4 Å². The second-order valence-electron chi connectivity index (χ2n) is 4.47. The Morgan fingerprint density at radius 3 is 2.62 bits per heavy atom. The van der Waals surface area contributed by atoms with Crippen LogP contribution in [0.1, 0.15) is 25.8 Å². The molecule has 0 saturated heterocycles. The van der Waals surface area contributed by atoms with Crippen LogP contribution in [0.4, 0.5) is 0 Å². The van der Waals surface area contributed by atoms with E-state index in [0.717, 1.165) is 4.47 Å². The van der Waals surface area contributed by atoms with Gasteiger partial charge in [0, 0.05) is 23.0 Å². The Morgan fingerprint density at radius 1 is 1.44 bits per heavy atom. The average Bonchev–Trinajstić information content (AvgIpc) is 2.14. The second kappa shape index (κ2) is 5.46. The van der Waals surface area contributed by atoms with Gasteiger partial charge in [0.05, 0.1) is 0 Å². The van der Waals surface area contributed by atoms with E-state index in [4.69, 9.17) is 5.73 Å². The summed E-state index contributed by atoms with van der Waals surface area (Å²) in [6.45, 7) is 4.64. The SMILES string of the molecule is CC(C)(CC(N)=O)NCc1ccccc1Br. The predicted octanol–water partition coefficient (Wildman–Crippen LogP) is 2.19. The minimum Gasteiger partial charge on any atom is -0.370 e. The molecule has 4 heteroatoms. The van der Waals surface area contributed by atoms with Crippen LogP contribution in [0.15, 0.2) is 28.7 Å². The summed E-state index contributed by atoms with van der Waals surface area (Å²) in [7, 11) is 0. The summed E-state index contributed by atoms with van der Waals surface area (Å²) in [4.78, 5) is 10.9. The van der Waals surface area contributed by atoms with Crippen LogP contribution < -0.4 is 11.1 Å². The number of benzene rings is 1. The molecule has 1 rings (SSSR count). The van der Waals surface area contributed by atoms with Crippen molar-refractivity contribution >= 4 is 21.8 Å².